The average Bonchev–Trinajstić information content (AvgIpc) is 3.17. The van der Waals surface area contributed by atoms with E-state index in [1.165, 1.54) is 11.1 Å². The van der Waals surface area contributed by atoms with Crippen LogP contribution in [-0.2, 0) is 28.9 Å². The van der Waals surface area contributed by atoms with Crippen LogP contribution in [0.1, 0.15) is 22.3 Å². The number of nitrogens with one attached hydrogen (secondary N) is 1. The fraction of sp³-hybridized carbons (Fsp3) is 0.231. The van der Waals surface area contributed by atoms with Crippen molar-refractivity contribution in [2.75, 3.05) is 11.9 Å². The Morgan fingerprint density at radius 3 is 2.38 bits per heavy atom. The van der Waals surface area contributed by atoms with E-state index in [1.807, 2.05) is 49.3 Å². The molecule has 3 aromatic carbocycles. The summed E-state index contributed by atoms with van der Waals surface area (Å²) in [7, 11) is 0. The van der Waals surface area contributed by atoms with E-state index < -0.39 is 11.5 Å². The second-order valence-corrected chi connectivity index (χ2v) is 8.72. The van der Waals surface area contributed by atoms with Gasteiger partial charge in [-0.3, -0.25) is 0 Å². The van der Waals surface area contributed by atoms with Crippen LogP contribution in [0.15, 0.2) is 71.2 Å². The maximum absolute atomic E-state index is 12.2. The monoisotopic (exact) mass is 495 g/mol. The number of carbonyl (C=O) groups is 2. The van der Waals surface area contributed by atoms with E-state index in [4.69, 9.17) is 9.53 Å². The Balaban J connectivity index is 0.00000141. The Morgan fingerprint density at radius 1 is 1.06 bits per heavy atom. The molecule has 0 radical (unpaired) electrons. The van der Waals surface area contributed by atoms with Crippen LogP contribution in [0.2, 0.25) is 0 Å². The number of hydrogen-bond donors (Lipinski definition) is 2. The lowest BCUT2D eigenvalue weighted by Crippen LogP contribution is -2.47. The summed E-state index contributed by atoms with van der Waals surface area (Å²) in [5.41, 5.74) is 4.32. The summed E-state index contributed by atoms with van der Waals surface area (Å²) in [5, 5.41) is 13.3. The first-order valence-corrected chi connectivity index (χ1v) is 11.1. The molecule has 0 saturated carbocycles. The predicted molar refractivity (Wildman–Crippen MR) is 129 cm³/mol. The van der Waals surface area contributed by atoms with Crippen molar-refractivity contribution in [2.24, 2.45) is 0 Å². The van der Waals surface area contributed by atoms with Crippen molar-refractivity contribution in [3.63, 3.8) is 0 Å². The molecule has 6 heteroatoms. The van der Waals surface area contributed by atoms with Crippen LogP contribution in [-0.4, -0.2) is 30.0 Å². The van der Waals surface area contributed by atoms with Gasteiger partial charge in [0.2, 0.25) is 0 Å². The molecule has 0 fully saturated rings. The zero-order valence-electron chi connectivity index (χ0n) is 17.9. The number of carbonyl (C=O) groups excluding carboxylic acids is 1. The van der Waals surface area contributed by atoms with E-state index in [0.29, 0.717) is 25.2 Å². The topological polar surface area (TPSA) is 75.6 Å². The lowest BCUT2D eigenvalue weighted by Gasteiger charge is -2.27. The maximum Gasteiger partial charge on any atom is 0.330 e. The van der Waals surface area contributed by atoms with Gasteiger partial charge in [-0.2, -0.15) is 0 Å². The van der Waals surface area contributed by atoms with Crippen molar-refractivity contribution >= 4 is 34.4 Å². The van der Waals surface area contributed by atoms with Gasteiger partial charge in [-0.05, 0) is 51.7 Å². The van der Waals surface area contributed by atoms with Crippen LogP contribution in [0.3, 0.4) is 0 Å². The van der Waals surface area contributed by atoms with Gasteiger partial charge in [0.05, 0.1) is 11.1 Å². The molecule has 0 unspecified atom stereocenters. The summed E-state index contributed by atoms with van der Waals surface area (Å²) in [5.74, 6) is -0.146. The fourth-order valence-electron chi connectivity index (χ4n) is 4.02. The lowest BCUT2D eigenvalue weighted by atomic mass is 9.95. The number of rotatable bonds is 7. The van der Waals surface area contributed by atoms with E-state index in [1.54, 1.807) is 0 Å². The summed E-state index contributed by atoms with van der Waals surface area (Å²) < 4.78 is 6.85. The Morgan fingerprint density at radius 2 is 1.75 bits per heavy atom. The summed E-state index contributed by atoms with van der Waals surface area (Å²) in [6.07, 6.45) is 1.72. The Bertz CT molecular complexity index is 1070. The van der Waals surface area contributed by atoms with Gasteiger partial charge >= 0.3 is 5.97 Å². The second kappa shape index (κ2) is 10.5. The number of hydrogen-bond acceptors (Lipinski definition) is 4. The first-order chi connectivity index (χ1) is 15.4. The molecule has 1 aliphatic rings. The van der Waals surface area contributed by atoms with Gasteiger partial charge in [-0.25, -0.2) is 4.79 Å². The smallest absolute Gasteiger partial charge is 0.330 e. The quantitative estimate of drug-likeness (QED) is 0.469. The van der Waals surface area contributed by atoms with E-state index in [0.717, 1.165) is 27.7 Å². The minimum Gasteiger partial charge on any atom is -0.492 e. The minimum atomic E-state index is -1.05. The molecule has 32 heavy (non-hydrogen) atoms. The van der Waals surface area contributed by atoms with Crippen molar-refractivity contribution in [3.8, 4) is 5.75 Å². The van der Waals surface area contributed by atoms with Crippen LogP contribution < -0.4 is 10.1 Å². The molecule has 0 saturated heterocycles. The molecule has 0 heterocycles. The van der Waals surface area contributed by atoms with Gasteiger partial charge in [0.1, 0.15) is 18.1 Å². The SMILES string of the molecule is C=O.Cc1cccc(CCOc2cc(NC3(C(=O)O)Cc4ccccc4C3)ccc2Br)c1. The molecule has 0 aromatic heterocycles. The molecule has 5 nitrogen and oxygen atoms in total. The number of aryl methyl sites for hydroxylation is 1. The van der Waals surface area contributed by atoms with Gasteiger partial charge in [-0.15, -0.1) is 0 Å². The largest absolute Gasteiger partial charge is 0.492 e. The minimum absolute atomic E-state index is 0.456. The highest BCUT2D eigenvalue weighted by atomic mass is 79.9. The molecule has 0 atom stereocenters. The molecule has 0 aliphatic heterocycles. The second-order valence-electron chi connectivity index (χ2n) is 7.87. The van der Waals surface area contributed by atoms with Gasteiger partial charge in [0, 0.05) is 31.0 Å². The lowest BCUT2D eigenvalue weighted by molar-refractivity contribution is -0.142. The zero-order valence-corrected chi connectivity index (χ0v) is 19.5. The van der Waals surface area contributed by atoms with Crippen molar-refractivity contribution in [1.29, 1.82) is 0 Å². The number of aliphatic carboxylic acids is 1. The van der Waals surface area contributed by atoms with E-state index in [9.17, 15) is 9.90 Å². The zero-order chi connectivity index (χ0) is 23.1. The Labute approximate surface area is 196 Å². The van der Waals surface area contributed by atoms with Gasteiger partial charge < -0.3 is 20.0 Å². The van der Waals surface area contributed by atoms with Crippen LogP contribution in [0, 0.1) is 6.92 Å². The molecular formula is C26H26BrNO4. The summed E-state index contributed by atoms with van der Waals surface area (Å²) in [6.45, 7) is 4.62. The molecule has 166 valence electrons. The number of carboxylic acids is 1. The highest BCUT2D eigenvalue weighted by Gasteiger charge is 2.44. The van der Waals surface area contributed by atoms with Gasteiger partial charge in [-0.1, -0.05) is 54.1 Å². The first kappa shape index (κ1) is 23.5. The summed E-state index contributed by atoms with van der Waals surface area (Å²) in [6, 6.07) is 21.9. The predicted octanol–water partition coefficient (Wildman–Crippen LogP) is 5.23. The van der Waals surface area contributed by atoms with Crippen molar-refractivity contribution in [2.45, 2.75) is 31.7 Å². The molecular weight excluding hydrogens is 470 g/mol. The maximum atomic E-state index is 12.2. The third-order valence-corrected chi connectivity index (χ3v) is 6.21. The van der Waals surface area contributed by atoms with E-state index in [-0.39, 0.29) is 0 Å². The van der Waals surface area contributed by atoms with Crippen molar-refractivity contribution in [1.82, 2.24) is 0 Å². The Hall–Kier alpha value is -3.12. The molecule has 4 rings (SSSR count). The highest BCUT2D eigenvalue weighted by Crippen LogP contribution is 2.35. The number of halogens is 1. The molecule has 3 aromatic rings. The summed E-state index contributed by atoms with van der Waals surface area (Å²) in [4.78, 5) is 20.2. The number of ether oxygens (including phenoxy) is 1. The van der Waals surface area contributed by atoms with E-state index >= 15 is 0 Å². The standard InChI is InChI=1S/C25H24BrNO3.CH2O/c1-17-5-4-6-18(13-17)11-12-30-23-14-21(9-10-22(23)26)27-25(24(28)29)15-19-7-2-3-8-20(19)16-25;1-2/h2-10,13-14,27H,11-12,15-16H2,1H3,(H,28,29);1H2. The molecule has 0 spiro atoms. The van der Waals surface area contributed by atoms with Crippen LogP contribution >= 0.6 is 15.9 Å². The number of benzene rings is 3. The molecule has 0 bridgehead atoms. The Kier molecular flexibility index (Phi) is 7.70. The molecule has 1 aliphatic carbocycles. The van der Waals surface area contributed by atoms with Crippen molar-refractivity contribution in [3.05, 3.63) is 93.5 Å². The van der Waals surface area contributed by atoms with Gasteiger partial charge in [0.15, 0.2) is 0 Å². The third-order valence-electron chi connectivity index (χ3n) is 5.56. The van der Waals surface area contributed by atoms with Gasteiger partial charge in [0.25, 0.3) is 0 Å². The van der Waals surface area contributed by atoms with Crippen LogP contribution in [0.4, 0.5) is 5.69 Å². The van der Waals surface area contributed by atoms with Crippen molar-refractivity contribution < 1.29 is 19.4 Å². The third kappa shape index (κ3) is 5.37. The van der Waals surface area contributed by atoms with Crippen LogP contribution in [0.25, 0.3) is 0 Å². The number of anilines is 1. The number of fused-ring (bicyclic) bond motifs is 1. The normalized spacial score (nSPS) is 13.4. The fourth-order valence-corrected chi connectivity index (χ4v) is 4.38. The highest BCUT2D eigenvalue weighted by molar-refractivity contribution is 9.10. The van der Waals surface area contributed by atoms with Crippen LogP contribution in [0.5, 0.6) is 5.75 Å². The van der Waals surface area contributed by atoms with E-state index in [2.05, 4.69) is 52.4 Å². The summed E-state index contributed by atoms with van der Waals surface area (Å²) >= 11 is 3.54. The number of carboxylic acid groups (broad SMARTS) is 1. The molecule has 0 amide bonds. The first-order valence-electron chi connectivity index (χ1n) is 10.3. The molecule has 2 N–H and O–H groups in total. The average molecular weight is 496 g/mol.